The quantitative estimate of drug-likeness (QED) is 0.851. The number of hydrogen-bond donors (Lipinski definition) is 1. The number of likely N-dealkylation sites (tertiary alicyclic amines) is 1. The Balaban J connectivity index is 1.46. The number of benzene rings is 2. The third-order valence-electron chi connectivity index (χ3n) is 6.42. The van der Waals surface area contributed by atoms with Crippen LogP contribution in [0.5, 0.6) is 0 Å². The van der Waals surface area contributed by atoms with Crippen LogP contribution in [0.15, 0.2) is 54.6 Å². The Kier molecular flexibility index (Phi) is 5.77. The Morgan fingerprint density at radius 1 is 1.00 bits per heavy atom. The van der Waals surface area contributed by atoms with Crippen LogP contribution in [0, 0.1) is 6.92 Å². The molecule has 30 heavy (non-hydrogen) atoms. The topological polar surface area (TPSA) is 55.9 Å². The van der Waals surface area contributed by atoms with Gasteiger partial charge in [-0.15, -0.1) is 0 Å². The van der Waals surface area contributed by atoms with Crippen LogP contribution in [-0.2, 0) is 11.3 Å². The van der Waals surface area contributed by atoms with Gasteiger partial charge in [0.05, 0.1) is 0 Å². The van der Waals surface area contributed by atoms with E-state index in [1.807, 2.05) is 66.2 Å². The fourth-order valence-electron chi connectivity index (χ4n) is 4.65. The van der Waals surface area contributed by atoms with Gasteiger partial charge in [-0.2, -0.15) is 0 Å². The van der Waals surface area contributed by atoms with E-state index in [0.29, 0.717) is 25.9 Å². The molecule has 2 aliphatic heterocycles. The number of anilines is 1. The summed E-state index contributed by atoms with van der Waals surface area (Å²) in [6.07, 6.45) is 1.31. The Morgan fingerprint density at radius 2 is 1.73 bits per heavy atom. The second-order valence-electron chi connectivity index (χ2n) is 8.45. The summed E-state index contributed by atoms with van der Waals surface area (Å²) in [5, 5.41) is 2.99. The average molecular weight is 407 g/mol. The zero-order valence-corrected chi connectivity index (χ0v) is 17.8. The van der Waals surface area contributed by atoms with Crippen molar-refractivity contribution in [2.75, 3.05) is 38.5 Å². The number of hydrogen-bond acceptors (Lipinski definition) is 3. The molecule has 3 amide bonds. The van der Waals surface area contributed by atoms with Crippen LogP contribution in [0.2, 0.25) is 0 Å². The van der Waals surface area contributed by atoms with Crippen molar-refractivity contribution in [2.24, 2.45) is 0 Å². The molecule has 158 valence electrons. The van der Waals surface area contributed by atoms with Crippen LogP contribution >= 0.6 is 0 Å². The molecule has 2 saturated heterocycles. The summed E-state index contributed by atoms with van der Waals surface area (Å²) in [7, 11) is 1.89. The first kappa shape index (κ1) is 20.4. The SMILES string of the molecule is Cc1cccc(NC(=O)N2CCC3(CC2)C(=O)N(C)CCN3Cc2ccccc2)c1. The number of carbonyl (C=O) groups is 2. The van der Waals surface area contributed by atoms with Gasteiger partial charge in [0.25, 0.3) is 0 Å². The smallest absolute Gasteiger partial charge is 0.321 e. The highest BCUT2D eigenvalue weighted by atomic mass is 16.2. The van der Waals surface area contributed by atoms with E-state index in [0.717, 1.165) is 30.9 Å². The predicted molar refractivity (Wildman–Crippen MR) is 118 cm³/mol. The molecule has 0 atom stereocenters. The molecule has 0 aliphatic carbocycles. The Labute approximate surface area is 178 Å². The molecule has 0 bridgehead atoms. The fraction of sp³-hybridized carbons (Fsp3) is 0.417. The number of aryl methyl sites for hydroxylation is 1. The van der Waals surface area contributed by atoms with E-state index in [4.69, 9.17) is 0 Å². The maximum Gasteiger partial charge on any atom is 0.321 e. The molecule has 6 nitrogen and oxygen atoms in total. The van der Waals surface area contributed by atoms with Crippen molar-refractivity contribution in [3.8, 4) is 0 Å². The summed E-state index contributed by atoms with van der Waals surface area (Å²) in [5.41, 5.74) is 2.61. The lowest BCUT2D eigenvalue weighted by Crippen LogP contribution is -2.68. The van der Waals surface area contributed by atoms with Crippen molar-refractivity contribution in [2.45, 2.75) is 31.8 Å². The molecule has 2 aromatic rings. The first-order valence-electron chi connectivity index (χ1n) is 10.7. The summed E-state index contributed by atoms with van der Waals surface area (Å²) in [4.78, 5) is 32.1. The number of piperidine rings is 1. The molecule has 2 heterocycles. The predicted octanol–water partition coefficient (Wildman–Crippen LogP) is 3.34. The third-order valence-corrected chi connectivity index (χ3v) is 6.42. The van der Waals surface area contributed by atoms with Crippen LogP contribution in [0.1, 0.15) is 24.0 Å². The maximum absolute atomic E-state index is 13.3. The molecule has 6 heteroatoms. The molecule has 0 saturated carbocycles. The molecular formula is C24H30N4O2. The van der Waals surface area contributed by atoms with Gasteiger partial charge in [0.1, 0.15) is 5.54 Å². The number of nitrogens with zero attached hydrogens (tertiary/aromatic N) is 3. The lowest BCUT2D eigenvalue weighted by Gasteiger charge is -2.52. The highest BCUT2D eigenvalue weighted by Crippen LogP contribution is 2.35. The van der Waals surface area contributed by atoms with E-state index in [2.05, 4.69) is 22.3 Å². The van der Waals surface area contributed by atoms with Gasteiger partial charge < -0.3 is 15.1 Å². The fourth-order valence-corrected chi connectivity index (χ4v) is 4.65. The van der Waals surface area contributed by atoms with Gasteiger partial charge in [-0.05, 0) is 43.0 Å². The lowest BCUT2D eigenvalue weighted by atomic mass is 9.82. The van der Waals surface area contributed by atoms with Crippen molar-refractivity contribution in [3.63, 3.8) is 0 Å². The maximum atomic E-state index is 13.3. The van der Waals surface area contributed by atoms with Crippen molar-refractivity contribution >= 4 is 17.6 Å². The molecule has 0 unspecified atom stereocenters. The van der Waals surface area contributed by atoms with Gasteiger partial charge in [0, 0.05) is 45.5 Å². The van der Waals surface area contributed by atoms with Gasteiger partial charge in [-0.3, -0.25) is 9.69 Å². The standard InChI is InChI=1S/C24H30N4O2/c1-19-7-6-10-21(17-19)25-23(30)27-13-11-24(12-14-27)22(29)26(2)15-16-28(24)18-20-8-4-3-5-9-20/h3-10,17H,11-16,18H2,1-2H3,(H,25,30). The molecule has 2 aromatic carbocycles. The van der Waals surface area contributed by atoms with Crippen molar-refractivity contribution in [1.82, 2.24) is 14.7 Å². The first-order valence-corrected chi connectivity index (χ1v) is 10.7. The second-order valence-corrected chi connectivity index (χ2v) is 8.45. The largest absolute Gasteiger partial charge is 0.343 e. The minimum Gasteiger partial charge on any atom is -0.343 e. The first-order chi connectivity index (χ1) is 14.5. The van der Waals surface area contributed by atoms with Crippen LogP contribution in [0.4, 0.5) is 10.5 Å². The molecule has 4 rings (SSSR count). The van der Waals surface area contributed by atoms with Gasteiger partial charge in [-0.25, -0.2) is 4.79 Å². The van der Waals surface area contributed by atoms with Crippen molar-refractivity contribution < 1.29 is 9.59 Å². The van der Waals surface area contributed by atoms with Crippen molar-refractivity contribution in [1.29, 1.82) is 0 Å². The van der Waals surface area contributed by atoms with E-state index >= 15 is 0 Å². The monoisotopic (exact) mass is 406 g/mol. The second kappa shape index (κ2) is 8.48. The number of carbonyl (C=O) groups excluding carboxylic acids is 2. The number of urea groups is 1. The van der Waals surface area contributed by atoms with Crippen LogP contribution in [-0.4, -0.2) is 65.4 Å². The zero-order chi connectivity index (χ0) is 21.1. The number of piperazine rings is 1. The van der Waals surface area contributed by atoms with Gasteiger partial charge in [-0.1, -0.05) is 42.5 Å². The lowest BCUT2D eigenvalue weighted by molar-refractivity contribution is -0.154. The van der Waals surface area contributed by atoms with E-state index in [1.54, 1.807) is 0 Å². The molecule has 0 radical (unpaired) electrons. The number of nitrogens with one attached hydrogen (secondary N) is 1. The van der Waals surface area contributed by atoms with Gasteiger partial charge >= 0.3 is 6.03 Å². The molecule has 0 aromatic heterocycles. The summed E-state index contributed by atoms with van der Waals surface area (Å²) < 4.78 is 0. The van der Waals surface area contributed by atoms with E-state index in [1.165, 1.54) is 5.56 Å². The molecule has 2 aliphatic rings. The van der Waals surface area contributed by atoms with Crippen LogP contribution in [0.25, 0.3) is 0 Å². The Hall–Kier alpha value is -2.86. The molecule has 2 fully saturated rings. The van der Waals surface area contributed by atoms with Crippen LogP contribution in [0.3, 0.4) is 0 Å². The Bertz CT molecular complexity index is 906. The highest BCUT2D eigenvalue weighted by molar-refractivity contribution is 5.91. The summed E-state index contributed by atoms with van der Waals surface area (Å²) >= 11 is 0. The zero-order valence-electron chi connectivity index (χ0n) is 17.8. The number of amides is 3. The minimum absolute atomic E-state index is 0.0957. The summed E-state index contributed by atoms with van der Waals surface area (Å²) in [5.74, 6) is 0.184. The summed E-state index contributed by atoms with van der Waals surface area (Å²) in [6.45, 7) is 5.51. The van der Waals surface area contributed by atoms with Gasteiger partial charge in [0.2, 0.25) is 5.91 Å². The highest BCUT2D eigenvalue weighted by Gasteiger charge is 2.50. The molecule has 1 N–H and O–H groups in total. The minimum atomic E-state index is -0.525. The molecule has 1 spiro atoms. The van der Waals surface area contributed by atoms with Crippen molar-refractivity contribution in [3.05, 3.63) is 65.7 Å². The van der Waals surface area contributed by atoms with E-state index in [9.17, 15) is 9.59 Å². The average Bonchev–Trinajstić information content (AvgIpc) is 2.75. The number of likely N-dealkylation sites (N-methyl/N-ethyl adjacent to an activating group) is 1. The third kappa shape index (κ3) is 4.05. The normalized spacial score (nSPS) is 19.2. The molecular weight excluding hydrogens is 376 g/mol. The Morgan fingerprint density at radius 3 is 2.43 bits per heavy atom. The number of rotatable bonds is 3. The van der Waals surface area contributed by atoms with E-state index < -0.39 is 5.54 Å². The van der Waals surface area contributed by atoms with E-state index in [-0.39, 0.29) is 11.9 Å². The summed E-state index contributed by atoms with van der Waals surface area (Å²) in [6, 6.07) is 18.0. The van der Waals surface area contributed by atoms with Gasteiger partial charge in [0.15, 0.2) is 0 Å². The van der Waals surface area contributed by atoms with Crippen LogP contribution < -0.4 is 5.32 Å².